The minimum Gasteiger partial charge on any atom is -0.497 e. The molecule has 3 aromatic carbocycles. The molecular weight excluding hydrogens is 492 g/mol. The van der Waals surface area contributed by atoms with Gasteiger partial charge in [-0.15, -0.1) is 0 Å². The van der Waals surface area contributed by atoms with Gasteiger partial charge in [0.15, 0.2) is 6.10 Å². The number of benzene rings is 3. The third kappa shape index (κ3) is 5.36. The van der Waals surface area contributed by atoms with E-state index in [1.807, 2.05) is 45.0 Å². The standard InChI is InChI=1S/C28H32N2O6S/c1-6-23(20-8-14-25(35-5)19(3)16-20)29-28(31)27-17-30(24-15-18(2)7-13-26(24)36-27)37(32,33)22-11-9-21(34-4)10-12-22/h7-16,23,27H,6,17H2,1-5H3,(H,29,31). The Morgan fingerprint density at radius 1 is 1.05 bits per heavy atom. The maximum atomic E-state index is 13.7. The topological polar surface area (TPSA) is 94.2 Å². The number of hydrogen-bond acceptors (Lipinski definition) is 6. The second-order valence-electron chi connectivity index (χ2n) is 8.99. The Hall–Kier alpha value is -3.72. The predicted molar refractivity (Wildman–Crippen MR) is 142 cm³/mol. The molecule has 2 atom stereocenters. The molecule has 0 saturated carbocycles. The first kappa shape index (κ1) is 26.3. The lowest BCUT2D eigenvalue weighted by atomic mass is 10.0. The highest BCUT2D eigenvalue weighted by Crippen LogP contribution is 2.38. The first-order valence-corrected chi connectivity index (χ1v) is 13.5. The summed E-state index contributed by atoms with van der Waals surface area (Å²) >= 11 is 0. The Bertz CT molecular complexity index is 1390. The number of methoxy groups -OCH3 is 2. The number of amides is 1. The van der Waals surface area contributed by atoms with Crippen molar-refractivity contribution in [3.8, 4) is 17.2 Å². The summed E-state index contributed by atoms with van der Waals surface area (Å²) in [5.41, 5.74) is 3.17. The van der Waals surface area contributed by atoms with Gasteiger partial charge < -0.3 is 19.5 Å². The molecule has 1 aliphatic rings. The van der Waals surface area contributed by atoms with Gasteiger partial charge in [0.1, 0.15) is 17.2 Å². The van der Waals surface area contributed by atoms with Gasteiger partial charge in [-0.25, -0.2) is 8.42 Å². The summed E-state index contributed by atoms with van der Waals surface area (Å²) in [6, 6.07) is 16.9. The lowest BCUT2D eigenvalue weighted by Gasteiger charge is -2.35. The van der Waals surface area contributed by atoms with Crippen LogP contribution in [0.3, 0.4) is 0 Å². The first-order valence-electron chi connectivity index (χ1n) is 12.1. The molecule has 2 unspecified atom stereocenters. The van der Waals surface area contributed by atoms with E-state index in [1.54, 1.807) is 31.4 Å². The molecule has 1 heterocycles. The van der Waals surface area contributed by atoms with Crippen LogP contribution in [0, 0.1) is 13.8 Å². The van der Waals surface area contributed by atoms with Crippen molar-refractivity contribution in [2.24, 2.45) is 0 Å². The van der Waals surface area contributed by atoms with E-state index in [0.717, 1.165) is 22.4 Å². The lowest BCUT2D eigenvalue weighted by Crippen LogP contribution is -2.51. The number of nitrogens with zero attached hydrogens (tertiary/aromatic N) is 1. The number of fused-ring (bicyclic) bond motifs is 1. The van der Waals surface area contributed by atoms with Gasteiger partial charge in [-0.1, -0.05) is 25.1 Å². The highest BCUT2D eigenvalue weighted by atomic mass is 32.2. The van der Waals surface area contributed by atoms with Crippen molar-refractivity contribution < 1.29 is 27.4 Å². The number of nitrogens with one attached hydrogen (secondary N) is 1. The average Bonchev–Trinajstić information content (AvgIpc) is 2.90. The number of carbonyl (C=O) groups is 1. The van der Waals surface area contributed by atoms with Crippen LogP contribution in [0.5, 0.6) is 17.2 Å². The Balaban J connectivity index is 1.64. The van der Waals surface area contributed by atoms with Crippen molar-refractivity contribution in [3.63, 3.8) is 0 Å². The molecule has 196 valence electrons. The van der Waals surface area contributed by atoms with Gasteiger partial charge in [0.05, 0.1) is 37.4 Å². The zero-order valence-electron chi connectivity index (χ0n) is 21.6. The number of rotatable bonds is 8. The van der Waals surface area contributed by atoms with Crippen molar-refractivity contribution in [3.05, 3.63) is 77.4 Å². The Kier molecular flexibility index (Phi) is 7.63. The summed E-state index contributed by atoms with van der Waals surface area (Å²) in [4.78, 5) is 13.5. The number of carbonyl (C=O) groups excluding carboxylic acids is 1. The molecule has 0 fully saturated rings. The molecule has 8 nitrogen and oxygen atoms in total. The summed E-state index contributed by atoms with van der Waals surface area (Å²) in [5.74, 6) is 1.27. The zero-order chi connectivity index (χ0) is 26.7. The van der Waals surface area contributed by atoms with Crippen LogP contribution in [0.15, 0.2) is 65.6 Å². The summed E-state index contributed by atoms with van der Waals surface area (Å²) in [5, 5.41) is 3.04. The van der Waals surface area contributed by atoms with Crippen molar-refractivity contribution >= 4 is 21.6 Å². The van der Waals surface area contributed by atoms with Gasteiger partial charge in [0.2, 0.25) is 0 Å². The fraction of sp³-hybridized carbons (Fsp3) is 0.321. The molecule has 1 aliphatic heterocycles. The smallest absolute Gasteiger partial charge is 0.264 e. The van der Waals surface area contributed by atoms with E-state index in [-0.39, 0.29) is 23.4 Å². The average molecular weight is 525 g/mol. The third-order valence-corrected chi connectivity index (χ3v) is 8.26. The van der Waals surface area contributed by atoms with Crippen LogP contribution in [0.25, 0.3) is 0 Å². The monoisotopic (exact) mass is 524 g/mol. The minimum absolute atomic E-state index is 0.0990. The number of hydrogen-bond donors (Lipinski definition) is 1. The van der Waals surface area contributed by atoms with Crippen LogP contribution in [0.4, 0.5) is 5.69 Å². The molecule has 1 amide bonds. The molecule has 9 heteroatoms. The van der Waals surface area contributed by atoms with Crippen LogP contribution >= 0.6 is 0 Å². The molecule has 1 N–H and O–H groups in total. The number of aryl methyl sites for hydroxylation is 2. The molecule has 0 radical (unpaired) electrons. The molecule has 0 saturated heterocycles. The second-order valence-corrected chi connectivity index (χ2v) is 10.9. The summed E-state index contributed by atoms with van der Waals surface area (Å²) in [7, 11) is -0.843. The lowest BCUT2D eigenvalue weighted by molar-refractivity contribution is -0.128. The van der Waals surface area contributed by atoms with E-state index in [2.05, 4.69) is 5.32 Å². The third-order valence-electron chi connectivity index (χ3n) is 6.47. The van der Waals surface area contributed by atoms with Crippen LogP contribution in [0.1, 0.15) is 36.1 Å². The Labute approximate surface area is 218 Å². The summed E-state index contributed by atoms with van der Waals surface area (Å²) in [6.07, 6.45) is -0.384. The Morgan fingerprint density at radius 2 is 1.78 bits per heavy atom. The number of sulfonamides is 1. The van der Waals surface area contributed by atoms with Gasteiger partial charge in [0.25, 0.3) is 15.9 Å². The van der Waals surface area contributed by atoms with Crippen LogP contribution in [-0.2, 0) is 14.8 Å². The molecule has 3 aromatic rings. The number of ether oxygens (including phenoxy) is 3. The largest absolute Gasteiger partial charge is 0.497 e. The fourth-order valence-electron chi connectivity index (χ4n) is 4.40. The van der Waals surface area contributed by atoms with E-state index >= 15 is 0 Å². The van der Waals surface area contributed by atoms with Crippen molar-refractivity contribution in [1.82, 2.24) is 5.32 Å². The maximum absolute atomic E-state index is 13.7. The SMILES string of the molecule is CCC(NC(=O)C1CN(S(=O)(=O)c2ccc(OC)cc2)c2cc(C)ccc2O1)c1ccc(OC)c(C)c1. The van der Waals surface area contributed by atoms with Crippen LogP contribution in [0.2, 0.25) is 0 Å². The molecule has 37 heavy (non-hydrogen) atoms. The molecule has 0 spiro atoms. The fourth-order valence-corrected chi connectivity index (χ4v) is 5.87. The van der Waals surface area contributed by atoms with E-state index in [9.17, 15) is 13.2 Å². The van der Waals surface area contributed by atoms with E-state index in [4.69, 9.17) is 14.2 Å². The van der Waals surface area contributed by atoms with Gasteiger partial charge in [-0.2, -0.15) is 0 Å². The molecule has 0 aliphatic carbocycles. The normalized spacial score (nSPS) is 15.8. The van der Waals surface area contributed by atoms with Crippen molar-refractivity contribution in [2.45, 2.75) is 44.2 Å². The van der Waals surface area contributed by atoms with Gasteiger partial charge in [-0.3, -0.25) is 9.10 Å². The zero-order valence-corrected chi connectivity index (χ0v) is 22.5. The number of anilines is 1. The quantitative estimate of drug-likeness (QED) is 0.465. The summed E-state index contributed by atoms with van der Waals surface area (Å²) in [6.45, 7) is 5.64. The summed E-state index contributed by atoms with van der Waals surface area (Å²) < 4.78 is 45.2. The molecule has 0 bridgehead atoms. The van der Waals surface area contributed by atoms with Crippen LogP contribution < -0.4 is 23.8 Å². The van der Waals surface area contributed by atoms with Gasteiger partial charge in [0, 0.05) is 0 Å². The predicted octanol–water partition coefficient (Wildman–Crippen LogP) is 4.54. The van der Waals surface area contributed by atoms with E-state index in [0.29, 0.717) is 23.6 Å². The second kappa shape index (κ2) is 10.7. The van der Waals surface area contributed by atoms with E-state index < -0.39 is 16.1 Å². The first-order chi connectivity index (χ1) is 17.7. The molecule has 0 aromatic heterocycles. The minimum atomic E-state index is -3.98. The molecule has 4 rings (SSSR count). The van der Waals surface area contributed by atoms with Crippen molar-refractivity contribution in [1.29, 1.82) is 0 Å². The Morgan fingerprint density at radius 3 is 2.41 bits per heavy atom. The van der Waals surface area contributed by atoms with Crippen LogP contribution in [-0.4, -0.2) is 41.2 Å². The van der Waals surface area contributed by atoms with E-state index in [1.165, 1.54) is 23.5 Å². The molecular formula is C28H32N2O6S. The van der Waals surface area contributed by atoms with Gasteiger partial charge >= 0.3 is 0 Å². The maximum Gasteiger partial charge on any atom is 0.264 e. The van der Waals surface area contributed by atoms with Gasteiger partial charge in [-0.05, 0) is 79.4 Å². The van der Waals surface area contributed by atoms with Crippen molar-refractivity contribution in [2.75, 3.05) is 25.1 Å². The highest BCUT2D eigenvalue weighted by molar-refractivity contribution is 7.92. The highest BCUT2D eigenvalue weighted by Gasteiger charge is 2.38.